The Labute approximate surface area is 66.5 Å². The summed E-state index contributed by atoms with van der Waals surface area (Å²) in [5, 5.41) is 0. The van der Waals surface area contributed by atoms with E-state index in [-0.39, 0.29) is 11.9 Å². The molecular formula is C7H13ClO2. The van der Waals surface area contributed by atoms with Gasteiger partial charge in [-0.15, -0.1) is 11.6 Å². The van der Waals surface area contributed by atoms with Crippen LogP contribution in [0.15, 0.2) is 0 Å². The molecule has 0 N–H and O–H groups in total. The molecule has 2 nitrogen and oxygen atoms in total. The number of rotatable bonds is 4. The topological polar surface area (TPSA) is 26.3 Å². The number of alkyl halides is 1. The molecule has 0 rings (SSSR count). The average molecular weight is 165 g/mol. The van der Waals surface area contributed by atoms with E-state index in [2.05, 4.69) is 0 Å². The quantitative estimate of drug-likeness (QED) is 0.360. The Hall–Kier alpha value is -0.240. The molecule has 0 saturated carbocycles. The Morgan fingerprint density at radius 1 is 1.60 bits per heavy atom. The zero-order valence-corrected chi connectivity index (χ0v) is 7.15. The van der Waals surface area contributed by atoms with Gasteiger partial charge in [-0.3, -0.25) is 4.79 Å². The van der Waals surface area contributed by atoms with Gasteiger partial charge < -0.3 is 4.74 Å². The van der Waals surface area contributed by atoms with Crippen LogP contribution in [0.4, 0.5) is 0 Å². The highest BCUT2D eigenvalue weighted by molar-refractivity contribution is 6.17. The Morgan fingerprint density at radius 3 is 2.60 bits per heavy atom. The number of carbonyl (C=O) groups is 1. The molecule has 60 valence electrons. The fourth-order valence-corrected chi connectivity index (χ4v) is 0.503. The predicted molar refractivity (Wildman–Crippen MR) is 41.1 cm³/mol. The van der Waals surface area contributed by atoms with Crippen LogP contribution in [0.1, 0.15) is 20.3 Å². The molecule has 0 aliphatic heterocycles. The third-order valence-corrected chi connectivity index (χ3v) is 1.26. The lowest BCUT2D eigenvalue weighted by Gasteiger charge is -2.04. The van der Waals surface area contributed by atoms with E-state index in [0.717, 1.165) is 6.42 Å². The molecule has 3 heteroatoms. The van der Waals surface area contributed by atoms with E-state index in [1.807, 2.05) is 13.8 Å². The number of hydrogen-bond acceptors (Lipinski definition) is 2. The third kappa shape index (κ3) is 4.62. The van der Waals surface area contributed by atoms with Crippen molar-refractivity contribution in [2.24, 2.45) is 5.92 Å². The van der Waals surface area contributed by atoms with E-state index in [9.17, 15) is 4.79 Å². The maximum absolute atomic E-state index is 10.8. The normalized spacial score (nSPS) is 10.0. The number of halogens is 1. The van der Waals surface area contributed by atoms with Crippen molar-refractivity contribution in [2.45, 2.75) is 20.3 Å². The van der Waals surface area contributed by atoms with Gasteiger partial charge in [0.25, 0.3) is 0 Å². The molecule has 0 heterocycles. The van der Waals surface area contributed by atoms with Crippen LogP contribution >= 0.6 is 11.6 Å². The molecule has 0 spiro atoms. The van der Waals surface area contributed by atoms with Gasteiger partial charge in [0.2, 0.25) is 0 Å². The molecule has 0 aromatic rings. The van der Waals surface area contributed by atoms with E-state index in [0.29, 0.717) is 12.5 Å². The predicted octanol–water partition coefficient (Wildman–Crippen LogP) is 1.81. The lowest BCUT2D eigenvalue weighted by atomic mass is 10.2. The van der Waals surface area contributed by atoms with E-state index in [1.165, 1.54) is 0 Å². The summed E-state index contributed by atoms with van der Waals surface area (Å²) in [7, 11) is 0. The van der Waals surface area contributed by atoms with E-state index >= 15 is 0 Å². The molecule has 0 aromatic carbocycles. The van der Waals surface area contributed by atoms with Crippen molar-refractivity contribution in [3.63, 3.8) is 0 Å². The summed E-state index contributed by atoms with van der Waals surface area (Å²) >= 11 is 5.37. The number of hydrogen-bond donors (Lipinski definition) is 0. The van der Waals surface area contributed by atoms with E-state index in [4.69, 9.17) is 16.3 Å². The van der Waals surface area contributed by atoms with Gasteiger partial charge in [0.05, 0.1) is 12.5 Å². The van der Waals surface area contributed by atoms with Gasteiger partial charge in [0.1, 0.15) is 0 Å². The van der Waals surface area contributed by atoms with E-state index < -0.39 is 0 Å². The van der Waals surface area contributed by atoms with Gasteiger partial charge in [-0.2, -0.15) is 0 Å². The molecule has 0 aliphatic rings. The first kappa shape index (κ1) is 9.76. The van der Waals surface area contributed by atoms with Crippen LogP contribution in [-0.4, -0.2) is 18.5 Å². The average Bonchev–Trinajstić information content (AvgIpc) is 1.88. The van der Waals surface area contributed by atoms with Crippen LogP contribution < -0.4 is 0 Å². The highest BCUT2D eigenvalue weighted by atomic mass is 35.5. The van der Waals surface area contributed by atoms with Crippen molar-refractivity contribution in [3.8, 4) is 0 Å². The standard InChI is InChI=1S/C7H13ClO2/c1-6(2)7(9)10-5-3-4-8/h6H,3-5H2,1-2H3. The summed E-state index contributed by atoms with van der Waals surface area (Å²) in [6.45, 7) is 4.06. The molecule has 10 heavy (non-hydrogen) atoms. The third-order valence-electron chi connectivity index (χ3n) is 0.994. The molecule has 0 bridgehead atoms. The first-order valence-electron chi connectivity index (χ1n) is 3.41. The molecular weight excluding hydrogens is 152 g/mol. The van der Waals surface area contributed by atoms with Crippen molar-refractivity contribution >= 4 is 17.6 Å². The molecule has 0 amide bonds. The van der Waals surface area contributed by atoms with Gasteiger partial charge in [0.15, 0.2) is 0 Å². The smallest absolute Gasteiger partial charge is 0.308 e. The van der Waals surface area contributed by atoms with Gasteiger partial charge >= 0.3 is 5.97 Å². The summed E-state index contributed by atoms with van der Waals surface area (Å²) in [5.41, 5.74) is 0. The SMILES string of the molecule is CC(C)C(=O)OCCCCl. The van der Waals surface area contributed by atoms with Gasteiger partial charge in [-0.25, -0.2) is 0 Å². The Morgan fingerprint density at radius 2 is 2.20 bits per heavy atom. The number of esters is 1. The maximum Gasteiger partial charge on any atom is 0.308 e. The van der Waals surface area contributed by atoms with Crippen LogP contribution in [0.25, 0.3) is 0 Å². The highest BCUT2D eigenvalue weighted by Crippen LogP contribution is 1.96. The number of carbonyl (C=O) groups excluding carboxylic acids is 1. The second kappa shape index (κ2) is 5.54. The molecule has 0 saturated heterocycles. The van der Waals surface area contributed by atoms with Crippen molar-refractivity contribution in [3.05, 3.63) is 0 Å². The molecule has 0 radical (unpaired) electrons. The van der Waals surface area contributed by atoms with E-state index in [1.54, 1.807) is 0 Å². The molecule has 0 aliphatic carbocycles. The summed E-state index contributed by atoms with van der Waals surface area (Å²) in [6, 6.07) is 0. The van der Waals surface area contributed by atoms with Crippen LogP contribution in [0.5, 0.6) is 0 Å². The molecule has 0 unspecified atom stereocenters. The number of ether oxygens (including phenoxy) is 1. The lowest BCUT2D eigenvalue weighted by molar-refractivity contribution is -0.147. The molecule has 0 aromatic heterocycles. The van der Waals surface area contributed by atoms with Crippen LogP contribution in [0.2, 0.25) is 0 Å². The minimum absolute atomic E-state index is 0.0321. The van der Waals surface area contributed by atoms with Gasteiger partial charge in [0, 0.05) is 5.88 Å². The van der Waals surface area contributed by atoms with Crippen molar-refractivity contribution < 1.29 is 9.53 Å². The second-order valence-electron chi connectivity index (χ2n) is 2.36. The first-order chi connectivity index (χ1) is 4.68. The fraction of sp³-hybridized carbons (Fsp3) is 0.857. The maximum atomic E-state index is 10.8. The highest BCUT2D eigenvalue weighted by Gasteiger charge is 2.06. The van der Waals surface area contributed by atoms with Crippen LogP contribution in [0.3, 0.4) is 0 Å². The van der Waals surface area contributed by atoms with Crippen molar-refractivity contribution in [2.75, 3.05) is 12.5 Å². The zero-order chi connectivity index (χ0) is 7.98. The van der Waals surface area contributed by atoms with Crippen LogP contribution in [0, 0.1) is 5.92 Å². The van der Waals surface area contributed by atoms with Gasteiger partial charge in [-0.1, -0.05) is 13.8 Å². The largest absolute Gasteiger partial charge is 0.465 e. The summed E-state index contributed by atoms with van der Waals surface area (Å²) < 4.78 is 4.82. The molecule has 0 fully saturated rings. The lowest BCUT2D eigenvalue weighted by Crippen LogP contribution is -2.12. The summed E-state index contributed by atoms with van der Waals surface area (Å²) in [4.78, 5) is 10.8. The second-order valence-corrected chi connectivity index (χ2v) is 2.74. The monoisotopic (exact) mass is 164 g/mol. The fourth-order valence-electron chi connectivity index (χ4n) is 0.394. The van der Waals surface area contributed by atoms with Crippen LogP contribution in [-0.2, 0) is 9.53 Å². The zero-order valence-electron chi connectivity index (χ0n) is 6.39. The Bertz CT molecular complexity index is 102. The molecule has 0 atom stereocenters. The Kier molecular flexibility index (Phi) is 5.40. The summed E-state index contributed by atoms with van der Waals surface area (Å²) in [5.74, 6) is 0.367. The summed E-state index contributed by atoms with van der Waals surface area (Å²) in [6.07, 6.45) is 0.736. The Balaban J connectivity index is 3.22. The van der Waals surface area contributed by atoms with Crippen molar-refractivity contribution in [1.82, 2.24) is 0 Å². The minimum Gasteiger partial charge on any atom is -0.465 e. The minimum atomic E-state index is -0.148. The van der Waals surface area contributed by atoms with Gasteiger partial charge in [-0.05, 0) is 6.42 Å². The first-order valence-corrected chi connectivity index (χ1v) is 3.94. The van der Waals surface area contributed by atoms with Crippen molar-refractivity contribution in [1.29, 1.82) is 0 Å².